The molecule has 34 heavy (non-hydrogen) atoms. The molecule has 0 saturated carbocycles. The summed E-state index contributed by atoms with van der Waals surface area (Å²) in [4.78, 5) is 21.6. The fourth-order valence-corrected chi connectivity index (χ4v) is 3.28. The van der Waals surface area contributed by atoms with Gasteiger partial charge in [-0.05, 0) is 48.0 Å². The normalized spacial score (nSPS) is 17.2. The van der Waals surface area contributed by atoms with Gasteiger partial charge in [0.1, 0.15) is 11.5 Å². The third-order valence-corrected chi connectivity index (χ3v) is 4.85. The van der Waals surface area contributed by atoms with Crippen molar-refractivity contribution >= 4 is 17.5 Å². The monoisotopic (exact) mass is 463 g/mol. The molecular weight excluding hydrogens is 446 g/mol. The molecule has 5 rings (SSSR count). The van der Waals surface area contributed by atoms with Crippen molar-refractivity contribution < 1.29 is 33.4 Å². The van der Waals surface area contributed by atoms with Crippen LogP contribution in [0.4, 0.5) is 5.69 Å². The second-order valence-corrected chi connectivity index (χ2v) is 6.87. The number of ether oxygens (including phenoxy) is 2. The molecule has 3 aromatic rings. The molecule has 0 atom stereocenters. The molecule has 0 aliphatic carbocycles. The predicted octanol–water partition coefficient (Wildman–Crippen LogP) is 1.30. The van der Waals surface area contributed by atoms with Crippen LogP contribution in [0.2, 0.25) is 0 Å². The average Bonchev–Trinajstić information content (AvgIpc) is 3.58. The van der Waals surface area contributed by atoms with Crippen LogP contribution in [0.1, 0.15) is 12.6 Å². The molecule has 0 bridgehead atoms. The molecule has 172 valence electrons. The lowest BCUT2D eigenvalue weighted by atomic mass is 10.2. The molecule has 1 saturated heterocycles. The van der Waals surface area contributed by atoms with Gasteiger partial charge in [-0.1, -0.05) is 5.59 Å². The minimum atomic E-state index is -0.767. The molecule has 2 aliphatic heterocycles. The summed E-state index contributed by atoms with van der Waals surface area (Å²) in [5.74, 6) is -0.315. The summed E-state index contributed by atoms with van der Waals surface area (Å²) in [7, 11) is 1.55. The van der Waals surface area contributed by atoms with Gasteiger partial charge in [0.25, 0.3) is 5.84 Å². The van der Waals surface area contributed by atoms with Crippen molar-refractivity contribution in [1.29, 1.82) is 0 Å². The smallest absolute Gasteiger partial charge is 0.380 e. The molecule has 0 unspecified atom stereocenters. The topological polar surface area (TPSA) is 150 Å². The highest BCUT2D eigenvalue weighted by atomic mass is 16.7. The standard InChI is InChI=1S/C21H17N7O6/c1-3-32-15-10-6-13(7-11-15)28-17(21(30)34-26-28)19-22-18(23-24-19)16-20(29)33-25-27(16)12-4-8-14(31-2)9-5-12/h4-11H,3H2,1-2H3,(H-,22,25,26,29,30). The fraction of sp³-hybridized carbons (Fsp3) is 0.143. The molecule has 0 amide bonds. The van der Waals surface area contributed by atoms with E-state index in [0.29, 0.717) is 29.5 Å². The number of methoxy groups -OCH3 is 1. The Morgan fingerprint density at radius 2 is 1.82 bits per heavy atom. The highest BCUT2D eigenvalue weighted by Crippen LogP contribution is 2.29. The van der Waals surface area contributed by atoms with Crippen molar-refractivity contribution in [1.82, 2.24) is 10.9 Å². The molecule has 2 aromatic carbocycles. The van der Waals surface area contributed by atoms with Crippen LogP contribution in [-0.4, -0.2) is 30.8 Å². The summed E-state index contributed by atoms with van der Waals surface area (Å²) in [6, 6.07) is 13.7. The van der Waals surface area contributed by atoms with Gasteiger partial charge in [0, 0.05) is 12.1 Å². The second-order valence-electron chi connectivity index (χ2n) is 6.87. The van der Waals surface area contributed by atoms with Crippen molar-refractivity contribution in [3.8, 4) is 23.1 Å². The third kappa shape index (κ3) is 3.69. The largest absolute Gasteiger partial charge is 0.539 e. The summed E-state index contributed by atoms with van der Waals surface area (Å²) >= 11 is 0. The number of anilines is 1. The van der Waals surface area contributed by atoms with Crippen molar-refractivity contribution in [3.05, 3.63) is 65.7 Å². The van der Waals surface area contributed by atoms with Crippen LogP contribution in [0.25, 0.3) is 5.69 Å². The number of rotatable bonds is 6. The summed E-state index contributed by atoms with van der Waals surface area (Å²) in [5.41, 5.74) is 3.52. The number of benzene rings is 2. The van der Waals surface area contributed by atoms with Crippen LogP contribution in [0, 0.1) is 0 Å². The number of hydrogen-bond donors (Lipinski definition) is 1. The van der Waals surface area contributed by atoms with E-state index >= 15 is 0 Å². The Kier molecular flexibility index (Phi) is 5.35. The number of amidine groups is 1. The number of aliphatic imine (C=N–C) groups is 1. The van der Waals surface area contributed by atoms with Crippen LogP contribution in [0.15, 0.2) is 79.8 Å². The Balaban J connectivity index is 1.51. The summed E-state index contributed by atoms with van der Waals surface area (Å²) in [6.45, 7) is 2.40. The van der Waals surface area contributed by atoms with Crippen molar-refractivity contribution in [2.75, 3.05) is 18.7 Å². The average molecular weight is 463 g/mol. The quantitative estimate of drug-likeness (QED) is 0.421. The number of hydrogen-bond acceptors (Lipinski definition) is 12. The third-order valence-electron chi connectivity index (χ3n) is 4.85. The SMILES string of the molecule is CCOc1ccc(-[n+]2noc([O-])c2C2=N/C(=C3/C(=O)ONN3c3ccc(OC)cc3)N=N2)cc1. The van der Waals surface area contributed by atoms with E-state index in [-0.39, 0.29) is 23.0 Å². The number of azo groups is 1. The molecule has 13 nitrogen and oxygen atoms in total. The predicted molar refractivity (Wildman–Crippen MR) is 112 cm³/mol. The molecular formula is C21H17N7O6. The van der Waals surface area contributed by atoms with Gasteiger partial charge in [0.15, 0.2) is 11.6 Å². The van der Waals surface area contributed by atoms with Gasteiger partial charge in [0.2, 0.25) is 11.5 Å². The van der Waals surface area contributed by atoms with Gasteiger partial charge in [-0.15, -0.1) is 10.2 Å². The first kappa shape index (κ1) is 21.1. The van der Waals surface area contributed by atoms with Crippen LogP contribution >= 0.6 is 0 Å². The van der Waals surface area contributed by atoms with E-state index in [4.69, 9.17) is 18.8 Å². The van der Waals surface area contributed by atoms with Crippen LogP contribution in [0.3, 0.4) is 0 Å². The van der Waals surface area contributed by atoms with E-state index in [2.05, 4.69) is 26.1 Å². The lowest BCUT2D eigenvalue weighted by Gasteiger charge is -2.15. The highest BCUT2D eigenvalue weighted by Gasteiger charge is 2.36. The van der Waals surface area contributed by atoms with Crippen LogP contribution in [-0.2, 0) is 9.63 Å². The Morgan fingerprint density at radius 1 is 1.09 bits per heavy atom. The van der Waals surface area contributed by atoms with E-state index in [1.807, 2.05) is 6.92 Å². The number of carbonyl (C=O) groups is 1. The number of aromatic nitrogens is 2. The van der Waals surface area contributed by atoms with Crippen molar-refractivity contribution in [2.24, 2.45) is 15.2 Å². The Bertz CT molecular complexity index is 1330. The van der Waals surface area contributed by atoms with Crippen molar-refractivity contribution in [2.45, 2.75) is 6.92 Å². The minimum Gasteiger partial charge on any atom is -0.539 e. The number of nitrogens with one attached hydrogen (secondary N) is 1. The molecule has 3 heterocycles. The van der Waals surface area contributed by atoms with E-state index in [0.717, 1.165) is 0 Å². The molecule has 1 N–H and O–H groups in total. The first-order chi connectivity index (χ1) is 16.6. The molecule has 1 fully saturated rings. The van der Waals surface area contributed by atoms with Gasteiger partial charge in [-0.25, -0.2) is 9.80 Å². The maximum Gasteiger partial charge on any atom is 0.380 e. The fourth-order valence-electron chi connectivity index (χ4n) is 3.28. The lowest BCUT2D eigenvalue weighted by Crippen LogP contribution is -2.38. The summed E-state index contributed by atoms with van der Waals surface area (Å²) in [6.07, 6.45) is 0. The zero-order chi connectivity index (χ0) is 23.7. The number of carbonyl (C=O) groups excluding carboxylic acids is 1. The van der Waals surface area contributed by atoms with Gasteiger partial charge in [-0.3, -0.25) is 0 Å². The van der Waals surface area contributed by atoms with Gasteiger partial charge < -0.3 is 23.9 Å². The van der Waals surface area contributed by atoms with E-state index < -0.39 is 11.9 Å². The van der Waals surface area contributed by atoms with Crippen molar-refractivity contribution in [3.63, 3.8) is 0 Å². The Morgan fingerprint density at radius 3 is 2.53 bits per heavy atom. The molecule has 0 spiro atoms. The van der Waals surface area contributed by atoms with Gasteiger partial charge >= 0.3 is 11.7 Å². The zero-order valence-corrected chi connectivity index (χ0v) is 18.0. The molecule has 2 aliphatic rings. The lowest BCUT2D eigenvalue weighted by molar-refractivity contribution is -0.671. The molecule has 1 aromatic heterocycles. The van der Waals surface area contributed by atoms with E-state index in [1.165, 1.54) is 9.69 Å². The van der Waals surface area contributed by atoms with Gasteiger partial charge in [-0.2, -0.15) is 4.99 Å². The Labute approximate surface area is 192 Å². The van der Waals surface area contributed by atoms with E-state index in [1.54, 1.807) is 55.6 Å². The van der Waals surface area contributed by atoms with Gasteiger partial charge in [0.05, 0.1) is 24.7 Å². The highest BCUT2D eigenvalue weighted by molar-refractivity contribution is 6.01. The maximum absolute atomic E-state index is 12.4. The summed E-state index contributed by atoms with van der Waals surface area (Å²) in [5, 5.41) is 25.5. The molecule has 0 radical (unpaired) electrons. The van der Waals surface area contributed by atoms with Crippen LogP contribution in [0.5, 0.6) is 17.4 Å². The van der Waals surface area contributed by atoms with Crippen LogP contribution < -0.4 is 29.9 Å². The number of hydrazine groups is 1. The Hall–Kier alpha value is -4.78. The minimum absolute atomic E-state index is 0.0135. The number of nitrogens with zero attached hydrogens (tertiary/aromatic N) is 6. The van der Waals surface area contributed by atoms with E-state index in [9.17, 15) is 9.90 Å². The first-order valence-electron chi connectivity index (χ1n) is 10.1. The molecule has 13 heteroatoms. The first-order valence-corrected chi connectivity index (χ1v) is 10.1. The zero-order valence-electron chi connectivity index (χ0n) is 18.0. The second kappa shape index (κ2) is 8.63. The summed E-state index contributed by atoms with van der Waals surface area (Å²) < 4.78 is 16.7. The maximum atomic E-state index is 12.4.